The fourth-order valence-corrected chi connectivity index (χ4v) is 5.27. The Hall–Kier alpha value is -2.74. The summed E-state index contributed by atoms with van der Waals surface area (Å²) in [5.74, 6) is -0.501. The Bertz CT molecular complexity index is 1280. The molecule has 0 atom stereocenters. The topological polar surface area (TPSA) is 56.1 Å². The van der Waals surface area contributed by atoms with Gasteiger partial charge in [0.25, 0.3) is 5.91 Å². The molecule has 0 spiro atoms. The lowest BCUT2D eigenvalue weighted by Crippen LogP contribution is -2.27. The summed E-state index contributed by atoms with van der Waals surface area (Å²) < 4.78 is 21.6. The number of nitrogens with zero attached hydrogens (tertiary/aromatic N) is 2. The fraction of sp³-hybridized carbons (Fsp3) is 0.250. The molecule has 8 heteroatoms. The van der Waals surface area contributed by atoms with Crippen molar-refractivity contribution >= 4 is 38.9 Å². The van der Waals surface area contributed by atoms with Gasteiger partial charge >= 0.3 is 0 Å². The van der Waals surface area contributed by atoms with E-state index < -0.39 is 0 Å². The Labute approximate surface area is 194 Å². The van der Waals surface area contributed by atoms with Gasteiger partial charge in [-0.1, -0.05) is 23.7 Å². The standard InChI is InChI=1S/C24H23ClFN3O2S/c1-14-22(24(30)27-7-8-31-3)15(2)29(28-14)21-6-4-5-17-12-20(32-23(17)21)11-16-9-18(25)13-19(26)10-16/h4-6,9-10,12-13H,7-8,11H2,1-3H3,(H,27,30). The van der Waals surface area contributed by atoms with Crippen LogP contribution in [0, 0.1) is 19.7 Å². The van der Waals surface area contributed by atoms with Gasteiger partial charge in [-0.3, -0.25) is 4.79 Å². The molecule has 0 saturated carbocycles. The first kappa shape index (κ1) is 22.5. The number of hydrogen-bond donors (Lipinski definition) is 1. The van der Waals surface area contributed by atoms with Crippen molar-refractivity contribution in [2.75, 3.05) is 20.3 Å². The number of carbonyl (C=O) groups excluding carboxylic acids is 1. The molecule has 4 rings (SSSR count). The molecule has 0 aliphatic heterocycles. The van der Waals surface area contributed by atoms with Crippen molar-refractivity contribution in [2.45, 2.75) is 20.3 Å². The van der Waals surface area contributed by atoms with Crippen LogP contribution in [0.2, 0.25) is 5.02 Å². The van der Waals surface area contributed by atoms with Crippen molar-refractivity contribution in [1.29, 1.82) is 0 Å². The highest BCUT2D eigenvalue weighted by atomic mass is 35.5. The van der Waals surface area contributed by atoms with E-state index in [4.69, 9.17) is 16.3 Å². The molecule has 0 aliphatic carbocycles. The van der Waals surface area contributed by atoms with Crippen molar-refractivity contribution in [1.82, 2.24) is 15.1 Å². The molecule has 1 N–H and O–H groups in total. The fourth-order valence-electron chi connectivity index (χ4n) is 3.83. The maximum atomic E-state index is 13.7. The molecule has 32 heavy (non-hydrogen) atoms. The SMILES string of the molecule is COCCNC(=O)c1c(C)nn(-c2cccc3cc(Cc4cc(F)cc(Cl)c4)sc23)c1C. The smallest absolute Gasteiger partial charge is 0.255 e. The van der Waals surface area contributed by atoms with Crippen LogP contribution in [0.1, 0.15) is 32.2 Å². The van der Waals surface area contributed by atoms with Crippen LogP contribution >= 0.6 is 22.9 Å². The molecule has 2 heterocycles. The monoisotopic (exact) mass is 471 g/mol. The molecule has 0 fully saturated rings. The number of thiophene rings is 1. The summed E-state index contributed by atoms with van der Waals surface area (Å²) in [5.41, 5.74) is 3.75. The van der Waals surface area contributed by atoms with Crippen molar-refractivity contribution in [3.63, 3.8) is 0 Å². The summed E-state index contributed by atoms with van der Waals surface area (Å²) >= 11 is 7.64. The maximum absolute atomic E-state index is 13.7. The van der Waals surface area contributed by atoms with Crippen LogP contribution in [0.3, 0.4) is 0 Å². The first-order chi connectivity index (χ1) is 15.4. The summed E-state index contributed by atoms with van der Waals surface area (Å²) in [6.45, 7) is 4.62. The van der Waals surface area contributed by atoms with E-state index in [-0.39, 0.29) is 11.7 Å². The minimum atomic E-state index is -0.340. The number of carbonyl (C=O) groups is 1. The molecular weight excluding hydrogens is 449 g/mol. The van der Waals surface area contributed by atoms with E-state index in [1.807, 2.05) is 36.7 Å². The van der Waals surface area contributed by atoms with Gasteiger partial charge in [-0.05, 0) is 55.1 Å². The molecule has 2 aromatic heterocycles. The second-order valence-corrected chi connectivity index (χ2v) is 9.14. The first-order valence-electron chi connectivity index (χ1n) is 10.2. The van der Waals surface area contributed by atoms with Crippen LogP contribution in [0.25, 0.3) is 15.8 Å². The third-order valence-corrected chi connectivity index (χ3v) is 6.60. The van der Waals surface area contributed by atoms with Gasteiger partial charge in [-0.15, -0.1) is 11.3 Å². The van der Waals surface area contributed by atoms with Crippen LogP contribution in [0.5, 0.6) is 0 Å². The number of rotatable bonds is 7. The summed E-state index contributed by atoms with van der Waals surface area (Å²) in [5, 5.41) is 8.99. The van der Waals surface area contributed by atoms with Crippen molar-refractivity contribution in [3.05, 3.63) is 80.7 Å². The molecule has 2 aromatic carbocycles. The number of aromatic nitrogens is 2. The number of halogens is 2. The highest BCUT2D eigenvalue weighted by molar-refractivity contribution is 7.19. The van der Waals surface area contributed by atoms with Gasteiger partial charge in [0, 0.05) is 30.0 Å². The van der Waals surface area contributed by atoms with E-state index in [1.54, 1.807) is 24.5 Å². The van der Waals surface area contributed by atoms with Crippen LogP contribution in [-0.2, 0) is 11.2 Å². The molecule has 5 nitrogen and oxygen atoms in total. The molecular formula is C24H23ClFN3O2S. The summed E-state index contributed by atoms with van der Waals surface area (Å²) in [7, 11) is 1.60. The van der Waals surface area contributed by atoms with Gasteiger partial charge in [-0.25, -0.2) is 9.07 Å². The van der Waals surface area contributed by atoms with Gasteiger partial charge in [0.15, 0.2) is 0 Å². The predicted octanol–water partition coefficient (Wildman–Crippen LogP) is 5.46. The maximum Gasteiger partial charge on any atom is 0.255 e. The minimum absolute atomic E-state index is 0.162. The van der Waals surface area contributed by atoms with Crippen molar-refractivity contribution in [2.24, 2.45) is 0 Å². The number of aryl methyl sites for hydroxylation is 1. The number of methoxy groups -OCH3 is 1. The van der Waals surface area contributed by atoms with E-state index >= 15 is 0 Å². The van der Waals surface area contributed by atoms with Gasteiger partial charge in [-0.2, -0.15) is 5.10 Å². The number of benzene rings is 2. The molecule has 166 valence electrons. The van der Waals surface area contributed by atoms with Crippen molar-refractivity contribution < 1.29 is 13.9 Å². The Morgan fingerprint density at radius 3 is 2.81 bits per heavy atom. The second kappa shape index (κ2) is 9.40. The molecule has 0 unspecified atom stereocenters. The van der Waals surface area contributed by atoms with Gasteiger partial charge in [0.1, 0.15) is 5.82 Å². The summed E-state index contributed by atoms with van der Waals surface area (Å²) in [6.07, 6.45) is 0.584. The van der Waals surface area contributed by atoms with Crippen LogP contribution < -0.4 is 5.32 Å². The number of ether oxygens (including phenoxy) is 1. The predicted molar refractivity (Wildman–Crippen MR) is 127 cm³/mol. The average molecular weight is 472 g/mol. The number of nitrogens with one attached hydrogen (secondary N) is 1. The quantitative estimate of drug-likeness (QED) is 0.364. The zero-order chi connectivity index (χ0) is 22.8. The van der Waals surface area contributed by atoms with Gasteiger partial charge in [0.05, 0.1) is 33.9 Å². The zero-order valence-electron chi connectivity index (χ0n) is 18.0. The van der Waals surface area contributed by atoms with Crippen LogP contribution in [0.4, 0.5) is 4.39 Å². The van der Waals surface area contributed by atoms with E-state index in [0.29, 0.717) is 35.9 Å². The van der Waals surface area contributed by atoms with E-state index in [1.165, 1.54) is 12.1 Å². The zero-order valence-corrected chi connectivity index (χ0v) is 19.6. The first-order valence-corrected chi connectivity index (χ1v) is 11.4. The highest BCUT2D eigenvalue weighted by Crippen LogP contribution is 2.33. The molecule has 1 amide bonds. The number of fused-ring (bicyclic) bond motifs is 1. The lowest BCUT2D eigenvalue weighted by atomic mass is 10.1. The Morgan fingerprint density at radius 2 is 2.06 bits per heavy atom. The number of hydrogen-bond acceptors (Lipinski definition) is 4. The van der Waals surface area contributed by atoms with Crippen LogP contribution in [-0.4, -0.2) is 35.9 Å². The molecule has 0 saturated heterocycles. The van der Waals surface area contributed by atoms with Crippen molar-refractivity contribution in [3.8, 4) is 5.69 Å². The van der Waals surface area contributed by atoms with E-state index in [2.05, 4.69) is 16.5 Å². The Balaban J connectivity index is 1.69. The second-order valence-electron chi connectivity index (χ2n) is 7.57. The normalized spacial score (nSPS) is 11.3. The van der Waals surface area contributed by atoms with E-state index in [9.17, 15) is 9.18 Å². The molecule has 4 aromatic rings. The third-order valence-electron chi connectivity index (χ3n) is 5.21. The lowest BCUT2D eigenvalue weighted by molar-refractivity contribution is 0.0936. The molecule has 0 radical (unpaired) electrons. The third kappa shape index (κ3) is 4.55. The Kier molecular flexibility index (Phi) is 6.60. The Morgan fingerprint density at radius 1 is 1.25 bits per heavy atom. The number of amides is 1. The minimum Gasteiger partial charge on any atom is -0.383 e. The molecule has 0 bridgehead atoms. The average Bonchev–Trinajstić information content (AvgIpc) is 3.26. The van der Waals surface area contributed by atoms with Gasteiger partial charge < -0.3 is 10.1 Å². The largest absolute Gasteiger partial charge is 0.383 e. The van der Waals surface area contributed by atoms with Crippen LogP contribution in [0.15, 0.2) is 42.5 Å². The van der Waals surface area contributed by atoms with E-state index in [0.717, 1.165) is 31.9 Å². The van der Waals surface area contributed by atoms with Gasteiger partial charge in [0.2, 0.25) is 0 Å². The highest BCUT2D eigenvalue weighted by Gasteiger charge is 2.20. The summed E-state index contributed by atoms with van der Waals surface area (Å²) in [4.78, 5) is 13.8. The lowest BCUT2D eigenvalue weighted by Gasteiger charge is -2.07. The summed E-state index contributed by atoms with van der Waals surface area (Å²) in [6, 6.07) is 12.7. The molecule has 0 aliphatic rings.